The topological polar surface area (TPSA) is 136 Å². The van der Waals surface area contributed by atoms with Gasteiger partial charge in [0.15, 0.2) is 0 Å². The van der Waals surface area contributed by atoms with Crippen molar-refractivity contribution in [2.45, 2.75) is 175 Å². The summed E-state index contributed by atoms with van der Waals surface area (Å²) < 4.78 is 33.0. The highest BCUT2D eigenvalue weighted by Crippen LogP contribution is 2.11. The van der Waals surface area contributed by atoms with E-state index in [0.717, 1.165) is 57.8 Å². The zero-order valence-corrected chi connectivity index (χ0v) is 35.1. The largest absolute Gasteiger partial charge is 0.465 e. The smallest absolute Gasteiger partial charge is 0.305 e. The molecule has 318 valence electrons. The van der Waals surface area contributed by atoms with Crippen molar-refractivity contribution >= 4 is 23.9 Å². The SMILES string of the molecule is CCCCCCCCCOCC(COC(=O)CCCCCCCC)COC(=O)CCCNCCCC(=O)OCC(COC)COC(=O)CCCCCCC. The first-order valence-corrected chi connectivity index (χ1v) is 21.8. The van der Waals surface area contributed by atoms with E-state index in [1.807, 2.05) is 0 Å². The first-order valence-electron chi connectivity index (χ1n) is 21.8. The summed E-state index contributed by atoms with van der Waals surface area (Å²) in [6.07, 6.45) is 23.0. The molecule has 2 unspecified atom stereocenters. The van der Waals surface area contributed by atoms with Crippen LogP contribution >= 0.6 is 0 Å². The van der Waals surface area contributed by atoms with Gasteiger partial charge in [-0.05, 0) is 45.2 Å². The number of hydrogen-bond acceptors (Lipinski definition) is 11. The summed E-state index contributed by atoms with van der Waals surface area (Å²) >= 11 is 0. The molecule has 0 heterocycles. The minimum absolute atomic E-state index is 0.139. The molecule has 0 radical (unpaired) electrons. The maximum absolute atomic E-state index is 12.5. The van der Waals surface area contributed by atoms with Gasteiger partial charge in [-0.25, -0.2) is 0 Å². The van der Waals surface area contributed by atoms with E-state index in [1.54, 1.807) is 7.11 Å². The molecular weight excluding hydrogens is 690 g/mol. The number of ether oxygens (including phenoxy) is 6. The van der Waals surface area contributed by atoms with E-state index >= 15 is 0 Å². The lowest BCUT2D eigenvalue weighted by molar-refractivity contribution is -0.152. The Kier molecular flexibility index (Phi) is 38.7. The maximum atomic E-state index is 12.5. The van der Waals surface area contributed by atoms with Gasteiger partial charge < -0.3 is 33.7 Å². The fraction of sp³-hybridized carbons (Fsp3) is 0.907. The summed E-state index contributed by atoms with van der Waals surface area (Å²) in [6, 6.07) is 0. The van der Waals surface area contributed by atoms with Crippen LogP contribution in [0.25, 0.3) is 0 Å². The Bertz CT molecular complexity index is 886. The third-order valence-corrected chi connectivity index (χ3v) is 9.26. The second-order valence-electron chi connectivity index (χ2n) is 14.8. The third kappa shape index (κ3) is 36.7. The van der Waals surface area contributed by atoms with Crippen LogP contribution in [-0.2, 0) is 47.6 Å². The van der Waals surface area contributed by atoms with E-state index in [-0.39, 0.29) is 75.0 Å². The van der Waals surface area contributed by atoms with Crippen molar-refractivity contribution in [3.05, 3.63) is 0 Å². The molecule has 1 N–H and O–H groups in total. The molecule has 0 aliphatic rings. The summed E-state index contributed by atoms with van der Waals surface area (Å²) in [5.41, 5.74) is 0. The first kappa shape index (κ1) is 51.8. The average molecular weight is 772 g/mol. The first-order chi connectivity index (χ1) is 26.4. The quantitative estimate of drug-likeness (QED) is 0.0362. The van der Waals surface area contributed by atoms with Crippen molar-refractivity contribution in [1.29, 1.82) is 0 Å². The van der Waals surface area contributed by atoms with Gasteiger partial charge in [-0.15, -0.1) is 0 Å². The number of rotatable bonds is 41. The molecule has 0 aliphatic heterocycles. The third-order valence-electron chi connectivity index (χ3n) is 9.26. The molecule has 0 saturated carbocycles. The van der Waals surface area contributed by atoms with Crippen LogP contribution in [0.15, 0.2) is 0 Å². The fourth-order valence-corrected chi connectivity index (χ4v) is 5.83. The molecular formula is C43H81NO10. The highest BCUT2D eigenvalue weighted by atomic mass is 16.6. The Balaban J connectivity index is 4.26. The second kappa shape index (κ2) is 40.4. The Morgan fingerprint density at radius 1 is 0.407 bits per heavy atom. The lowest BCUT2D eigenvalue weighted by atomic mass is 10.1. The molecule has 0 aromatic heterocycles. The molecule has 0 bridgehead atoms. The molecule has 0 aromatic carbocycles. The molecule has 0 saturated heterocycles. The van der Waals surface area contributed by atoms with Crippen LogP contribution < -0.4 is 5.32 Å². The minimum atomic E-state index is -0.308. The molecule has 0 spiro atoms. The molecule has 0 aliphatic carbocycles. The Hall–Kier alpha value is -2.24. The number of methoxy groups -OCH3 is 1. The van der Waals surface area contributed by atoms with Gasteiger partial charge in [-0.3, -0.25) is 19.2 Å². The monoisotopic (exact) mass is 772 g/mol. The number of esters is 4. The molecule has 54 heavy (non-hydrogen) atoms. The molecule has 0 rings (SSSR count). The molecule has 0 aromatic rings. The number of nitrogens with one attached hydrogen (secondary N) is 1. The average Bonchev–Trinajstić information content (AvgIpc) is 3.16. The van der Waals surface area contributed by atoms with E-state index in [4.69, 9.17) is 28.4 Å². The van der Waals surface area contributed by atoms with Gasteiger partial charge in [0.1, 0.15) is 0 Å². The van der Waals surface area contributed by atoms with Crippen molar-refractivity contribution in [2.75, 3.05) is 66.4 Å². The fourth-order valence-electron chi connectivity index (χ4n) is 5.83. The number of carbonyl (C=O) groups is 4. The molecule has 0 amide bonds. The van der Waals surface area contributed by atoms with E-state index < -0.39 is 0 Å². The number of unbranched alkanes of at least 4 members (excludes halogenated alkanes) is 15. The van der Waals surface area contributed by atoms with Gasteiger partial charge >= 0.3 is 23.9 Å². The van der Waals surface area contributed by atoms with E-state index in [1.165, 1.54) is 57.8 Å². The Morgan fingerprint density at radius 3 is 1.13 bits per heavy atom. The standard InChI is InChI=1S/C43H81NO10/c1-5-8-11-14-16-19-22-31-50-33-39(36-53-41(46)26-21-18-15-12-9-6-2)37-54-43(48)28-24-30-44-29-23-27-42(47)52-35-38(32-49-4)34-51-40(45)25-20-17-13-10-7-3/h38-39,44H,5-37H2,1-4H3. The Labute approximate surface area is 329 Å². The zero-order valence-electron chi connectivity index (χ0n) is 35.1. The molecule has 11 nitrogen and oxygen atoms in total. The summed E-state index contributed by atoms with van der Waals surface area (Å²) in [7, 11) is 1.57. The normalized spacial score (nSPS) is 12.3. The van der Waals surface area contributed by atoms with E-state index in [2.05, 4.69) is 26.1 Å². The van der Waals surface area contributed by atoms with Crippen LogP contribution in [0.4, 0.5) is 0 Å². The predicted molar refractivity (Wildman–Crippen MR) is 214 cm³/mol. The van der Waals surface area contributed by atoms with Crippen LogP contribution in [-0.4, -0.2) is 90.3 Å². The van der Waals surface area contributed by atoms with E-state index in [9.17, 15) is 19.2 Å². The minimum Gasteiger partial charge on any atom is -0.465 e. The lowest BCUT2D eigenvalue weighted by Crippen LogP contribution is -2.26. The van der Waals surface area contributed by atoms with Gasteiger partial charge in [0.2, 0.25) is 0 Å². The van der Waals surface area contributed by atoms with Gasteiger partial charge in [-0.2, -0.15) is 0 Å². The zero-order chi connectivity index (χ0) is 39.7. The predicted octanol–water partition coefficient (Wildman–Crippen LogP) is 9.07. The van der Waals surface area contributed by atoms with Gasteiger partial charge in [-0.1, -0.05) is 117 Å². The van der Waals surface area contributed by atoms with Gasteiger partial charge in [0.05, 0.1) is 51.5 Å². The summed E-state index contributed by atoms with van der Waals surface area (Å²) in [4.78, 5) is 49.1. The molecule has 2 atom stereocenters. The van der Waals surface area contributed by atoms with Crippen molar-refractivity contribution in [3.63, 3.8) is 0 Å². The highest BCUT2D eigenvalue weighted by molar-refractivity contribution is 5.70. The lowest BCUT2D eigenvalue weighted by Gasteiger charge is -2.18. The number of hydrogen-bond donors (Lipinski definition) is 1. The van der Waals surface area contributed by atoms with Gasteiger partial charge in [0, 0.05) is 39.4 Å². The van der Waals surface area contributed by atoms with Crippen LogP contribution in [0.3, 0.4) is 0 Å². The van der Waals surface area contributed by atoms with Crippen molar-refractivity contribution < 1.29 is 47.6 Å². The highest BCUT2D eigenvalue weighted by Gasteiger charge is 2.17. The van der Waals surface area contributed by atoms with Crippen molar-refractivity contribution in [3.8, 4) is 0 Å². The Morgan fingerprint density at radius 2 is 0.741 bits per heavy atom. The van der Waals surface area contributed by atoms with Crippen molar-refractivity contribution in [2.24, 2.45) is 11.8 Å². The van der Waals surface area contributed by atoms with Crippen LogP contribution in [0.5, 0.6) is 0 Å². The van der Waals surface area contributed by atoms with Crippen LogP contribution in [0, 0.1) is 11.8 Å². The van der Waals surface area contributed by atoms with E-state index in [0.29, 0.717) is 58.6 Å². The summed E-state index contributed by atoms with van der Waals surface area (Å²) in [6.45, 7) is 9.82. The number of carbonyl (C=O) groups excluding carboxylic acids is 4. The second-order valence-corrected chi connectivity index (χ2v) is 14.8. The van der Waals surface area contributed by atoms with Crippen LogP contribution in [0.1, 0.15) is 175 Å². The van der Waals surface area contributed by atoms with Crippen molar-refractivity contribution in [1.82, 2.24) is 5.32 Å². The summed E-state index contributed by atoms with van der Waals surface area (Å²) in [5, 5.41) is 3.26. The maximum Gasteiger partial charge on any atom is 0.305 e. The van der Waals surface area contributed by atoms with Gasteiger partial charge in [0.25, 0.3) is 0 Å². The summed E-state index contributed by atoms with van der Waals surface area (Å²) in [5.74, 6) is -1.43. The molecule has 11 heteroatoms. The van der Waals surface area contributed by atoms with Crippen LogP contribution in [0.2, 0.25) is 0 Å². The molecule has 0 fully saturated rings.